The third-order valence-corrected chi connectivity index (χ3v) is 4.19. The Morgan fingerprint density at radius 3 is 2.42 bits per heavy atom. The molecule has 24 heavy (non-hydrogen) atoms. The lowest BCUT2D eigenvalue weighted by atomic mass is 10.1. The number of rotatable bonds is 7. The first-order valence-electron chi connectivity index (χ1n) is 7.21. The fourth-order valence-electron chi connectivity index (χ4n) is 2.07. The Kier molecular flexibility index (Phi) is 6.42. The van der Waals surface area contributed by atoms with Gasteiger partial charge in [-0.15, -0.1) is 15.0 Å². The lowest BCUT2D eigenvalue weighted by Crippen LogP contribution is -2.25. The summed E-state index contributed by atoms with van der Waals surface area (Å²) in [6, 6.07) is 8.53. The van der Waals surface area contributed by atoms with Gasteiger partial charge in [-0.2, -0.15) is 0 Å². The third-order valence-electron chi connectivity index (χ3n) is 3.36. The second kappa shape index (κ2) is 8.53. The van der Waals surface area contributed by atoms with Crippen molar-refractivity contribution in [2.75, 3.05) is 14.2 Å². The average molecular weight is 397 g/mol. The number of nitrogens with zero attached hydrogens (tertiary/aromatic N) is 4. The molecule has 0 aliphatic carbocycles. The molecule has 2 atom stereocenters. The largest absolute Gasteiger partial charge is 0.468 e. The summed E-state index contributed by atoms with van der Waals surface area (Å²) in [4.78, 5) is 24.2. The first kappa shape index (κ1) is 18.1. The maximum absolute atomic E-state index is 12.0. The van der Waals surface area contributed by atoms with E-state index in [4.69, 9.17) is 4.74 Å². The van der Waals surface area contributed by atoms with E-state index in [-0.39, 0.29) is 0 Å². The number of carbonyl (C=O) groups is 2. The molecular formula is C15H17BrN4O4. The zero-order chi connectivity index (χ0) is 17.5. The highest BCUT2D eigenvalue weighted by Gasteiger charge is 2.27. The van der Waals surface area contributed by atoms with Crippen LogP contribution >= 0.6 is 15.9 Å². The summed E-state index contributed by atoms with van der Waals surface area (Å²) in [6.07, 6.45) is 0.650. The van der Waals surface area contributed by atoms with Crippen molar-refractivity contribution >= 4 is 27.9 Å². The molecule has 2 rings (SSSR count). The van der Waals surface area contributed by atoms with Crippen LogP contribution in [0.2, 0.25) is 0 Å². The van der Waals surface area contributed by atoms with Gasteiger partial charge in [0.1, 0.15) is 4.83 Å². The monoisotopic (exact) mass is 396 g/mol. The van der Waals surface area contributed by atoms with Crippen molar-refractivity contribution in [3.63, 3.8) is 0 Å². The number of carbonyl (C=O) groups excluding carboxylic acids is 2. The molecule has 2 aromatic rings. The molecule has 0 saturated heterocycles. The topological polar surface area (TPSA) is 96.2 Å². The Balaban J connectivity index is 2.15. The van der Waals surface area contributed by atoms with Crippen molar-refractivity contribution in [1.82, 2.24) is 20.2 Å². The minimum atomic E-state index is -0.773. The molecule has 0 fully saturated rings. The van der Waals surface area contributed by atoms with Gasteiger partial charge in [-0.3, -0.25) is 4.79 Å². The quantitative estimate of drug-likeness (QED) is 0.519. The van der Waals surface area contributed by atoms with E-state index in [2.05, 4.69) is 36.1 Å². The van der Waals surface area contributed by atoms with Crippen LogP contribution in [-0.2, 0) is 19.1 Å². The number of hydrogen-bond donors (Lipinski definition) is 0. The summed E-state index contributed by atoms with van der Waals surface area (Å²) >= 11 is 3.23. The lowest BCUT2D eigenvalue weighted by molar-refractivity contribution is -0.146. The smallest absolute Gasteiger partial charge is 0.332 e. The van der Waals surface area contributed by atoms with Crippen LogP contribution in [0.3, 0.4) is 0 Å². The highest BCUT2D eigenvalue weighted by Crippen LogP contribution is 2.20. The first-order valence-corrected chi connectivity index (χ1v) is 8.13. The van der Waals surface area contributed by atoms with Crippen molar-refractivity contribution in [2.45, 2.75) is 23.7 Å². The molecule has 1 aromatic heterocycles. The number of aromatic nitrogens is 4. The van der Waals surface area contributed by atoms with E-state index in [0.717, 1.165) is 5.56 Å². The van der Waals surface area contributed by atoms with Gasteiger partial charge in [0.15, 0.2) is 6.04 Å². The zero-order valence-corrected chi connectivity index (χ0v) is 14.8. The van der Waals surface area contributed by atoms with Gasteiger partial charge in [0.2, 0.25) is 5.82 Å². The normalized spacial score (nSPS) is 13.1. The van der Waals surface area contributed by atoms with Crippen LogP contribution < -0.4 is 0 Å². The second-order valence-corrected chi connectivity index (χ2v) is 6.01. The van der Waals surface area contributed by atoms with Crippen LogP contribution in [0.15, 0.2) is 30.3 Å². The molecular weight excluding hydrogens is 380 g/mol. The number of esters is 2. The van der Waals surface area contributed by atoms with Crippen molar-refractivity contribution in [3.8, 4) is 11.4 Å². The Hall–Kier alpha value is -2.29. The Bertz CT molecular complexity index is 692. The first-order chi connectivity index (χ1) is 11.6. The molecule has 128 valence electrons. The molecule has 0 amide bonds. The van der Waals surface area contributed by atoms with Crippen molar-refractivity contribution in [1.29, 1.82) is 0 Å². The molecule has 0 bridgehead atoms. The highest BCUT2D eigenvalue weighted by atomic mass is 79.9. The van der Waals surface area contributed by atoms with Crippen molar-refractivity contribution < 1.29 is 19.1 Å². The number of tetrazole rings is 1. The van der Waals surface area contributed by atoms with Crippen LogP contribution in [-0.4, -0.2) is 51.2 Å². The summed E-state index contributed by atoms with van der Waals surface area (Å²) in [7, 11) is 2.59. The maximum atomic E-state index is 12.0. The summed E-state index contributed by atoms with van der Waals surface area (Å²) in [5.41, 5.74) is 0.792. The molecule has 8 nitrogen and oxygen atoms in total. The SMILES string of the molecule is COC(=O)C(Br)CCC(C(=O)OC)n1nnc(-c2ccccc2)n1. The Morgan fingerprint density at radius 2 is 1.79 bits per heavy atom. The van der Waals surface area contributed by atoms with E-state index < -0.39 is 22.8 Å². The van der Waals surface area contributed by atoms with Gasteiger partial charge in [0.25, 0.3) is 0 Å². The molecule has 0 aliphatic rings. The summed E-state index contributed by atoms with van der Waals surface area (Å²) in [5, 5.41) is 12.2. The van der Waals surface area contributed by atoms with Gasteiger partial charge >= 0.3 is 11.9 Å². The highest BCUT2D eigenvalue weighted by molar-refractivity contribution is 9.10. The fourth-order valence-corrected chi connectivity index (χ4v) is 2.52. The molecule has 9 heteroatoms. The number of benzene rings is 1. The van der Waals surface area contributed by atoms with E-state index in [1.54, 1.807) is 0 Å². The average Bonchev–Trinajstić information content (AvgIpc) is 3.11. The lowest BCUT2D eigenvalue weighted by Gasteiger charge is -2.14. The van der Waals surface area contributed by atoms with Gasteiger partial charge in [-0.25, -0.2) is 4.79 Å². The molecule has 2 unspecified atom stereocenters. The van der Waals surface area contributed by atoms with Gasteiger partial charge in [0, 0.05) is 5.56 Å². The molecule has 0 saturated carbocycles. The summed E-state index contributed by atoms with van der Waals surface area (Å²) < 4.78 is 9.45. The number of alkyl halides is 1. The fraction of sp³-hybridized carbons (Fsp3) is 0.400. The predicted octanol–water partition coefficient (Wildman–Crippen LogP) is 1.77. The maximum Gasteiger partial charge on any atom is 0.332 e. The second-order valence-electron chi connectivity index (χ2n) is 4.91. The van der Waals surface area contributed by atoms with Gasteiger partial charge in [0.05, 0.1) is 14.2 Å². The molecule has 0 N–H and O–H groups in total. The van der Waals surface area contributed by atoms with E-state index in [1.807, 2.05) is 30.3 Å². The van der Waals surface area contributed by atoms with Gasteiger partial charge < -0.3 is 9.47 Å². The predicted molar refractivity (Wildman–Crippen MR) is 88.3 cm³/mol. The van der Waals surface area contributed by atoms with E-state index in [1.165, 1.54) is 19.0 Å². The summed E-state index contributed by atoms with van der Waals surface area (Å²) in [6.45, 7) is 0. The molecule has 1 heterocycles. The van der Waals surface area contributed by atoms with E-state index in [0.29, 0.717) is 18.7 Å². The third kappa shape index (κ3) is 4.38. The number of halogens is 1. The van der Waals surface area contributed by atoms with Crippen LogP contribution in [0.1, 0.15) is 18.9 Å². The molecule has 0 radical (unpaired) electrons. The van der Waals surface area contributed by atoms with Crippen molar-refractivity contribution in [2.24, 2.45) is 0 Å². The van der Waals surface area contributed by atoms with Crippen LogP contribution in [0.5, 0.6) is 0 Å². The molecule has 0 aliphatic heterocycles. The van der Waals surface area contributed by atoms with Crippen LogP contribution in [0.4, 0.5) is 0 Å². The zero-order valence-electron chi connectivity index (χ0n) is 13.3. The van der Waals surface area contributed by atoms with Crippen LogP contribution in [0.25, 0.3) is 11.4 Å². The number of hydrogen-bond acceptors (Lipinski definition) is 7. The number of methoxy groups -OCH3 is 2. The van der Waals surface area contributed by atoms with Crippen molar-refractivity contribution in [3.05, 3.63) is 30.3 Å². The van der Waals surface area contributed by atoms with E-state index >= 15 is 0 Å². The van der Waals surface area contributed by atoms with E-state index in [9.17, 15) is 9.59 Å². The molecule has 1 aromatic carbocycles. The summed E-state index contributed by atoms with van der Waals surface area (Å²) in [5.74, 6) is -0.500. The van der Waals surface area contributed by atoms with Gasteiger partial charge in [-0.05, 0) is 18.1 Å². The minimum Gasteiger partial charge on any atom is -0.468 e. The van der Waals surface area contributed by atoms with Gasteiger partial charge in [-0.1, -0.05) is 46.3 Å². The van der Waals surface area contributed by atoms with Crippen LogP contribution in [0, 0.1) is 0 Å². The molecule has 0 spiro atoms. The Morgan fingerprint density at radius 1 is 1.12 bits per heavy atom. The standard InChI is InChI=1S/C15H17BrN4O4/c1-23-14(21)11(16)8-9-12(15(22)24-2)20-18-13(17-19-20)10-6-4-3-5-7-10/h3-7,11-12H,8-9H2,1-2H3. The minimum absolute atomic E-state index is 0.294. The Labute approximate surface area is 147 Å². The number of ether oxygens (including phenoxy) is 2.